The van der Waals surface area contributed by atoms with Gasteiger partial charge in [-0.1, -0.05) is 190 Å². The summed E-state index contributed by atoms with van der Waals surface area (Å²) in [4.78, 5) is 0. The quantitative estimate of drug-likeness (QED) is 0.0980. The molecule has 4 aromatic rings. The van der Waals surface area contributed by atoms with Crippen LogP contribution in [0.4, 0.5) is 0 Å². The molecule has 0 spiro atoms. The second-order valence-electron chi connectivity index (χ2n) is 24.8. The molecule has 0 aromatic carbocycles. The molecular weight excluding hydrogens is 1010 g/mol. The van der Waals surface area contributed by atoms with Crippen LogP contribution < -0.4 is 18.1 Å². The number of hydrogen-bond donors (Lipinski definition) is 0. The third-order valence-electron chi connectivity index (χ3n) is 17.4. The lowest BCUT2D eigenvalue weighted by Gasteiger charge is -2.38. The van der Waals surface area contributed by atoms with Gasteiger partial charge >= 0.3 is 0 Å². The first-order chi connectivity index (χ1) is 33.5. The molecule has 0 radical (unpaired) electrons. The highest BCUT2D eigenvalue weighted by molar-refractivity contribution is 7.12. The zero-order valence-electron chi connectivity index (χ0n) is 49.2. The van der Waals surface area contributed by atoms with Crippen molar-refractivity contribution in [1.29, 1.82) is 0 Å². The van der Waals surface area contributed by atoms with Crippen LogP contribution in [0, 0.1) is 64.0 Å². The van der Waals surface area contributed by atoms with E-state index < -0.39 is 32.3 Å². The Labute approximate surface area is 459 Å². The zero-order chi connectivity index (χ0) is 54.0. The Morgan fingerprint density at radius 3 is 0.514 bits per heavy atom. The molecule has 0 nitrogen and oxygen atoms in total. The second kappa shape index (κ2) is 24.2. The van der Waals surface area contributed by atoms with Gasteiger partial charge in [-0.3, -0.25) is 0 Å². The minimum atomic E-state index is -2.00. The zero-order valence-corrected chi connectivity index (χ0v) is 56.4. The van der Waals surface area contributed by atoms with Gasteiger partial charge in [0.1, 0.15) is 32.3 Å². The lowest BCUT2D eigenvalue weighted by Crippen LogP contribution is -2.43. The van der Waals surface area contributed by atoms with E-state index >= 15 is 0 Å². The third-order valence-corrected chi connectivity index (χ3v) is 47.4. The van der Waals surface area contributed by atoms with E-state index in [9.17, 15) is 0 Å². The van der Waals surface area contributed by atoms with Crippen LogP contribution >= 0.6 is 45.3 Å². The molecule has 0 atom stereocenters. The second-order valence-corrected chi connectivity index (χ2v) is 51.5. The predicted octanol–water partition coefficient (Wildman–Crippen LogP) is 17.6. The highest BCUT2D eigenvalue weighted by atomic mass is 32.1. The molecule has 0 saturated carbocycles. The number of hydrogen-bond acceptors (Lipinski definition) is 4. The lowest BCUT2D eigenvalue weighted by molar-refractivity contribution is 0.838. The molecule has 0 aliphatic carbocycles. The van der Waals surface area contributed by atoms with Crippen molar-refractivity contribution in [3.8, 4) is 45.9 Å². The molecule has 72 heavy (non-hydrogen) atoms. The van der Waals surface area contributed by atoms with E-state index in [0.717, 1.165) is 22.3 Å². The van der Waals surface area contributed by atoms with Gasteiger partial charge in [-0.25, -0.2) is 0 Å². The summed E-state index contributed by atoms with van der Waals surface area (Å²) in [6.07, 6.45) is 9.50. The van der Waals surface area contributed by atoms with Crippen LogP contribution in [-0.2, 0) is 0 Å². The van der Waals surface area contributed by atoms with Crippen LogP contribution in [0.25, 0.3) is 24.3 Å². The first kappa shape index (κ1) is 60.3. The van der Waals surface area contributed by atoms with Gasteiger partial charge in [-0.15, -0.1) is 67.5 Å². The Balaban J connectivity index is 2.09. The average molecular weight is 1100 g/mol. The number of fused-ring (bicyclic) bond motifs is 8. The summed E-state index contributed by atoms with van der Waals surface area (Å²) in [6, 6.07) is 9.62. The standard InChI is InChI=1S/C64H92S4Si4/c1-41(2)69(42(3)4,43(5)6)33-29-53-37-61-62-38-54(30-34-70(44(7)8,45(9)10)46(11)12)59(66-62)27-28-60-56(32-36-72(50(19)20,51(21)22)52(23)24)40-64(68-60)63-39-55(58(67-63)26-25-57(53)65-61)31-35-71(47(13)14,48(15)16)49(17)18/h25-28,37-52H,1-24H3/b26-25?,28-27?,57-25-,58-26-,59-27-,60-28-,62-61-,64-63-. The Morgan fingerprint density at radius 1 is 0.250 bits per heavy atom. The van der Waals surface area contributed by atoms with Gasteiger partial charge in [0.2, 0.25) is 0 Å². The molecule has 4 aromatic heterocycles. The van der Waals surface area contributed by atoms with Crippen molar-refractivity contribution >= 4 is 102 Å². The fraction of sp³-hybridized carbons (Fsp3) is 0.562. The maximum Gasteiger partial charge on any atom is 0.146 e. The van der Waals surface area contributed by atoms with Crippen LogP contribution in [0.3, 0.4) is 0 Å². The summed E-state index contributed by atoms with van der Waals surface area (Å²) >= 11 is 7.55. The molecule has 5 rings (SSSR count). The molecule has 0 saturated heterocycles. The third kappa shape index (κ3) is 11.7. The largest absolute Gasteiger partial charge is 0.146 e. The molecule has 1 aliphatic rings. The maximum atomic E-state index is 4.12. The van der Waals surface area contributed by atoms with Crippen LogP contribution in [0.5, 0.6) is 0 Å². The van der Waals surface area contributed by atoms with Gasteiger partial charge in [0.15, 0.2) is 0 Å². The van der Waals surface area contributed by atoms with Crippen molar-refractivity contribution in [2.75, 3.05) is 0 Å². The van der Waals surface area contributed by atoms with Crippen molar-refractivity contribution in [3.63, 3.8) is 0 Å². The van der Waals surface area contributed by atoms with E-state index in [1.165, 1.54) is 36.3 Å². The lowest BCUT2D eigenvalue weighted by atomic mass is 10.2. The van der Waals surface area contributed by atoms with Crippen molar-refractivity contribution in [3.05, 3.63) is 82.8 Å². The van der Waals surface area contributed by atoms with Crippen molar-refractivity contribution in [2.45, 2.75) is 233 Å². The van der Waals surface area contributed by atoms with E-state index in [4.69, 9.17) is 0 Å². The van der Waals surface area contributed by atoms with Crippen LogP contribution in [0.15, 0.2) is 24.3 Å². The average Bonchev–Trinajstić information content (AvgIpc) is 4.06. The topological polar surface area (TPSA) is 0 Å². The monoisotopic (exact) mass is 1100 g/mol. The van der Waals surface area contributed by atoms with E-state index in [0.29, 0.717) is 66.5 Å². The summed E-state index contributed by atoms with van der Waals surface area (Å²) < 4.78 is 9.95. The van der Waals surface area contributed by atoms with Gasteiger partial charge in [-0.2, -0.15) is 0 Å². The van der Waals surface area contributed by atoms with E-state index in [1.54, 1.807) is 0 Å². The van der Waals surface area contributed by atoms with E-state index in [1.807, 2.05) is 45.3 Å². The Hall–Kier alpha value is -2.61. The van der Waals surface area contributed by atoms with Crippen molar-refractivity contribution in [1.82, 2.24) is 0 Å². The Kier molecular flexibility index (Phi) is 20.2. The first-order valence-corrected chi connectivity index (χ1v) is 39.8. The number of thiophene rings is 4. The Bertz CT molecular complexity index is 2760. The van der Waals surface area contributed by atoms with Gasteiger partial charge in [0.25, 0.3) is 0 Å². The highest BCUT2D eigenvalue weighted by Crippen LogP contribution is 2.44. The van der Waals surface area contributed by atoms with E-state index in [-0.39, 0.29) is 0 Å². The first-order valence-electron chi connectivity index (χ1n) is 27.6. The minimum absolute atomic E-state index is 0.556. The molecule has 0 amide bonds. The molecule has 1 aliphatic heterocycles. The molecule has 8 heteroatoms. The smallest absolute Gasteiger partial charge is 0.134 e. The number of rotatable bonds is 12. The van der Waals surface area contributed by atoms with Gasteiger partial charge in [0, 0.05) is 58.5 Å². The fourth-order valence-corrected chi connectivity index (χ4v) is 38.8. The summed E-state index contributed by atoms with van der Waals surface area (Å²) in [5.41, 5.74) is 27.7. The predicted molar refractivity (Wildman–Crippen MR) is 341 cm³/mol. The van der Waals surface area contributed by atoms with Crippen LogP contribution in [0.2, 0.25) is 66.5 Å². The molecule has 0 N–H and O–H groups in total. The molecule has 0 unspecified atom stereocenters. The van der Waals surface area contributed by atoms with E-state index in [2.05, 4.69) is 261 Å². The summed E-state index contributed by atoms with van der Waals surface area (Å²) in [5.74, 6) is 15.8. The minimum Gasteiger partial charge on any atom is -0.134 e. The maximum absolute atomic E-state index is 4.12. The molecule has 5 heterocycles. The Morgan fingerprint density at radius 2 is 0.389 bits per heavy atom. The molecular formula is C64H92S4Si4. The van der Waals surface area contributed by atoms with Gasteiger partial charge < -0.3 is 0 Å². The highest BCUT2D eigenvalue weighted by Gasteiger charge is 2.44. The van der Waals surface area contributed by atoms with Crippen molar-refractivity contribution in [2.24, 2.45) is 0 Å². The van der Waals surface area contributed by atoms with Crippen LogP contribution in [0.1, 0.15) is 188 Å². The molecule has 8 bridgehead atoms. The van der Waals surface area contributed by atoms with Gasteiger partial charge in [0.05, 0.1) is 0 Å². The summed E-state index contributed by atoms with van der Waals surface area (Å²) in [7, 11) is -8.02. The summed E-state index contributed by atoms with van der Waals surface area (Å²) in [6.45, 7) is 58.1. The van der Waals surface area contributed by atoms with Crippen LogP contribution in [-0.4, -0.2) is 32.3 Å². The molecule has 388 valence electrons. The SMILES string of the molecule is CC(C)[Si](C#Cc1c/c2s/c1=C\C=c1/s/c(cc1C#C[Si](C(C)C)(C(C)C)C(C)C)=c1/cc(C#C[Si](C(C)C)(C(C)C)C(C)C)/c(s1)=C/C=c1\s\c=2cc1C#C[Si](C(C)C)(C(C)C)C(C)C)(C(C)C)C(C)C. The van der Waals surface area contributed by atoms with Gasteiger partial charge in [-0.05, 0) is 115 Å². The normalized spacial score (nSPS) is 16.3. The fourth-order valence-electron chi connectivity index (χ4n) is 13.7. The molecule has 0 fully saturated rings. The summed E-state index contributed by atoms with van der Waals surface area (Å²) in [5, 5.41) is 0. The van der Waals surface area contributed by atoms with Crippen molar-refractivity contribution < 1.29 is 0 Å².